The van der Waals surface area contributed by atoms with Crippen molar-refractivity contribution < 1.29 is 4.74 Å². The molecule has 0 amide bonds. The second-order valence-corrected chi connectivity index (χ2v) is 5.44. The summed E-state index contributed by atoms with van der Waals surface area (Å²) < 4.78 is 7.95. The van der Waals surface area contributed by atoms with E-state index < -0.39 is 0 Å². The van der Waals surface area contributed by atoms with Crippen molar-refractivity contribution in [3.63, 3.8) is 0 Å². The SMILES string of the molecule is C[C@@H](Oc1nc(Cl)cc2ncn(C)c12)[C@@H]1CCNC1. The smallest absolute Gasteiger partial charge is 0.241 e. The first-order valence-corrected chi connectivity index (χ1v) is 6.88. The zero-order valence-electron chi connectivity index (χ0n) is 11.1. The summed E-state index contributed by atoms with van der Waals surface area (Å²) in [6.07, 6.45) is 2.99. The van der Waals surface area contributed by atoms with Gasteiger partial charge in [0.25, 0.3) is 0 Å². The van der Waals surface area contributed by atoms with Gasteiger partial charge in [-0.3, -0.25) is 0 Å². The summed E-state index contributed by atoms with van der Waals surface area (Å²) in [5.41, 5.74) is 1.71. The van der Waals surface area contributed by atoms with E-state index >= 15 is 0 Å². The standard InChI is InChI=1S/C13H17ClN4O/c1-8(9-3-4-15-6-9)19-13-12-10(5-11(14)17-13)16-7-18(12)2/h5,7-9,15H,3-4,6H2,1-2H3/t8-,9-/m1/s1. The van der Waals surface area contributed by atoms with Crippen LogP contribution in [0.1, 0.15) is 13.3 Å². The van der Waals surface area contributed by atoms with E-state index in [0.717, 1.165) is 30.5 Å². The van der Waals surface area contributed by atoms with Crippen LogP contribution in [0.5, 0.6) is 5.88 Å². The third-order valence-electron chi connectivity index (χ3n) is 3.69. The molecule has 0 saturated carbocycles. The van der Waals surface area contributed by atoms with Crippen molar-refractivity contribution in [1.29, 1.82) is 0 Å². The fourth-order valence-corrected chi connectivity index (χ4v) is 2.72. The summed E-state index contributed by atoms with van der Waals surface area (Å²) >= 11 is 6.02. The van der Waals surface area contributed by atoms with Gasteiger partial charge in [-0.25, -0.2) is 4.98 Å². The lowest BCUT2D eigenvalue weighted by atomic mass is 10.0. The molecule has 0 aromatic carbocycles. The zero-order valence-corrected chi connectivity index (χ0v) is 11.8. The molecule has 1 saturated heterocycles. The van der Waals surface area contributed by atoms with E-state index in [1.54, 1.807) is 12.4 Å². The highest BCUT2D eigenvalue weighted by Crippen LogP contribution is 2.28. The molecule has 1 aliphatic heterocycles. The molecule has 2 atom stereocenters. The summed E-state index contributed by atoms with van der Waals surface area (Å²) in [6, 6.07) is 1.76. The predicted molar refractivity (Wildman–Crippen MR) is 74.6 cm³/mol. The number of fused-ring (bicyclic) bond motifs is 1. The quantitative estimate of drug-likeness (QED) is 0.874. The first kappa shape index (κ1) is 12.7. The molecule has 102 valence electrons. The largest absolute Gasteiger partial charge is 0.473 e. The predicted octanol–water partition coefficient (Wildman–Crippen LogP) is 2.00. The Kier molecular flexibility index (Phi) is 3.33. The van der Waals surface area contributed by atoms with E-state index in [1.165, 1.54) is 0 Å². The number of pyridine rings is 1. The highest BCUT2D eigenvalue weighted by Gasteiger charge is 2.24. The van der Waals surface area contributed by atoms with Crippen LogP contribution in [0.4, 0.5) is 0 Å². The van der Waals surface area contributed by atoms with Crippen molar-refractivity contribution >= 4 is 22.6 Å². The van der Waals surface area contributed by atoms with E-state index in [9.17, 15) is 0 Å². The number of ether oxygens (including phenoxy) is 1. The Morgan fingerprint density at radius 1 is 1.58 bits per heavy atom. The third-order valence-corrected chi connectivity index (χ3v) is 3.89. The number of nitrogens with zero attached hydrogens (tertiary/aromatic N) is 3. The fraction of sp³-hybridized carbons (Fsp3) is 0.538. The molecule has 2 aromatic rings. The number of imidazole rings is 1. The van der Waals surface area contributed by atoms with E-state index in [-0.39, 0.29) is 6.10 Å². The second kappa shape index (κ2) is 4.98. The van der Waals surface area contributed by atoms with Gasteiger partial charge in [-0.2, -0.15) is 4.98 Å². The van der Waals surface area contributed by atoms with Gasteiger partial charge < -0.3 is 14.6 Å². The van der Waals surface area contributed by atoms with Crippen LogP contribution in [0.25, 0.3) is 11.0 Å². The summed E-state index contributed by atoms with van der Waals surface area (Å²) in [4.78, 5) is 8.60. The molecular formula is C13H17ClN4O. The van der Waals surface area contributed by atoms with E-state index in [1.807, 2.05) is 11.6 Å². The number of aromatic nitrogens is 3. The Balaban J connectivity index is 1.92. The van der Waals surface area contributed by atoms with E-state index in [0.29, 0.717) is 17.0 Å². The third kappa shape index (κ3) is 2.40. The van der Waals surface area contributed by atoms with Crippen molar-refractivity contribution in [2.45, 2.75) is 19.4 Å². The van der Waals surface area contributed by atoms with E-state index in [4.69, 9.17) is 16.3 Å². The van der Waals surface area contributed by atoms with Crippen LogP contribution in [0, 0.1) is 5.92 Å². The molecule has 0 aliphatic carbocycles. The van der Waals surface area contributed by atoms with Gasteiger partial charge in [0.15, 0.2) is 0 Å². The van der Waals surface area contributed by atoms with Gasteiger partial charge in [-0.05, 0) is 19.9 Å². The highest BCUT2D eigenvalue weighted by atomic mass is 35.5. The van der Waals surface area contributed by atoms with Crippen LogP contribution in [0.2, 0.25) is 5.15 Å². The number of rotatable bonds is 3. The van der Waals surface area contributed by atoms with Crippen molar-refractivity contribution in [3.05, 3.63) is 17.5 Å². The average molecular weight is 281 g/mol. The van der Waals surface area contributed by atoms with Crippen LogP contribution >= 0.6 is 11.6 Å². The van der Waals surface area contributed by atoms with E-state index in [2.05, 4.69) is 22.2 Å². The van der Waals surface area contributed by atoms with Crippen LogP contribution in [0.15, 0.2) is 12.4 Å². The van der Waals surface area contributed by atoms with Gasteiger partial charge >= 0.3 is 0 Å². The Hall–Kier alpha value is -1.33. The van der Waals surface area contributed by atoms with Crippen LogP contribution < -0.4 is 10.1 Å². The molecule has 1 N–H and O–H groups in total. The van der Waals surface area contributed by atoms with Crippen molar-refractivity contribution in [2.24, 2.45) is 13.0 Å². The molecule has 0 radical (unpaired) electrons. The fourth-order valence-electron chi connectivity index (χ4n) is 2.54. The van der Waals surface area contributed by atoms with Crippen molar-refractivity contribution in [1.82, 2.24) is 19.9 Å². The minimum absolute atomic E-state index is 0.110. The topological polar surface area (TPSA) is 52.0 Å². The molecule has 5 nitrogen and oxygen atoms in total. The number of aryl methyl sites for hydroxylation is 1. The Bertz CT molecular complexity index is 592. The number of hydrogen-bond donors (Lipinski definition) is 1. The summed E-state index contributed by atoms with van der Waals surface area (Å²) in [7, 11) is 1.93. The summed E-state index contributed by atoms with van der Waals surface area (Å²) in [6.45, 7) is 4.14. The number of nitrogens with one attached hydrogen (secondary N) is 1. The van der Waals surface area contributed by atoms with Gasteiger partial charge in [0, 0.05) is 25.6 Å². The molecule has 3 heterocycles. The number of halogens is 1. The van der Waals surface area contributed by atoms with Gasteiger partial charge in [0.05, 0.1) is 11.8 Å². The normalized spacial score (nSPS) is 20.9. The van der Waals surface area contributed by atoms with Crippen molar-refractivity contribution in [3.8, 4) is 5.88 Å². The molecule has 0 spiro atoms. The summed E-state index contributed by atoms with van der Waals surface area (Å²) in [5.74, 6) is 1.09. The maximum Gasteiger partial charge on any atom is 0.241 e. The lowest BCUT2D eigenvalue weighted by molar-refractivity contribution is 0.156. The first-order chi connectivity index (χ1) is 9.15. The zero-order chi connectivity index (χ0) is 13.4. The molecule has 1 aliphatic rings. The Morgan fingerprint density at radius 2 is 2.42 bits per heavy atom. The maximum absolute atomic E-state index is 6.04. The first-order valence-electron chi connectivity index (χ1n) is 6.50. The van der Waals surface area contributed by atoms with Crippen LogP contribution in [-0.2, 0) is 7.05 Å². The Labute approximate surface area is 116 Å². The van der Waals surface area contributed by atoms with Gasteiger partial charge in [0.2, 0.25) is 5.88 Å². The monoisotopic (exact) mass is 280 g/mol. The molecule has 2 aromatic heterocycles. The molecule has 0 bridgehead atoms. The van der Waals surface area contributed by atoms with Crippen LogP contribution in [-0.4, -0.2) is 33.7 Å². The minimum atomic E-state index is 0.110. The molecule has 6 heteroatoms. The molecule has 1 fully saturated rings. The minimum Gasteiger partial charge on any atom is -0.473 e. The number of hydrogen-bond acceptors (Lipinski definition) is 4. The van der Waals surface area contributed by atoms with Gasteiger partial charge in [-0.1, -0.05) is 11.6 Å². The molecular weight excluding hydrogens is 264 g/mol. The maximum atomic E-state index is 6.04. The molecule has 0 unspecified atom stereocenters. The van der Waals surface area contributed by atoms with Gasteiger partial charge in [0.1, 0.15) is 16.8 Å². The van der Waals surface area contributed by atoms with Gasteiger partial charge in [-0.15, -0.1) is 0 Å². The Morgan fingerprint density at radius 3 is 3.16 bits per heavy atom. The van der Waals surface area contributed by atoms with Crippen LogP contribution in [0.3, 0.4) is 0 Å². The lowest BCUT2D eigenvalue weighted by Gasteiger charge is -2.20. The summed E-state index contributed by atoms with van der Waals surface area (Å²) in [5, 5.41) is 3.76. The van der Waals surface area contributed by atoms with Crippen molar-refractivity contribution in [2.75, 3.05) is 13.1 Å². The highest BCUT2D eigenvalue weighted by molar-refractivity contribution is 6.30. The lowest BCUT2D eigenvalue weighted by Crippen LogP contribution is -2.26. The molecule has 3 rings (SSSR count). The average Bonchev–Trinajstić information content (AvgIpc) is 2.99. The second-order valence-electron chi connectivity index (χ2n) is 5.05. The molecule has 19 heavy (non-hydrogen) atoms.